The Morgan fingerprint density at radius 1 is 1.14 bits per heavy atom. The number of nitrogens with zero attached hydrogens (tertiary/aromatic N) is 4. The van der Waals surface area contributed by atoms with Crippen molar-refractivity contribution in [2.75, 3.05) is 5.73 Å². The van der Waals surface area contributed by atoms with E-state index in [1.807, 2.05) is 24.3 Å². The largest absolute Gasteiger partial charge is 0.398 e. The highest BCUT2D eigenvalue weighted by atomic mass is 79.9. The maximum atomic E-state index is 13.1. The highest BCUT2D eigenvalue weighted by Crippen LogP contribution is 2.24. The molecule has 0 atom stereocenters. The van der Waals surface area contributed by atoms with Gasteiger partial charge >= 0.3 is 0 Å². The minimum Gasteiger partial charge on any atom is -0.398 e. The van der Waals surface area contributed by atoms with Crippen LogP contribution in [0.2, 0.25) is 0 Å². The molecule has 1 heterocycles. The molecular formula is C14H11BrFN5. The Kier molecular flexibility index (Phi) is 3.66. The third-order valence-electron chi connectivity index (χ3n) is 3.03. The Balaban J connectivity index is 1.95. The normalized spacial score (nSPS) is 10.8. The van der Waals surface area contributed by atoms with Crippen molar-refractivity contribution in [3.8, 4) is 11.4 Å². The summed E-state index contributed by atoms with van der Waals surface area (Å²) in [6.07, 6.45) is 0. The lowest BCUT2D eigenvalue weighted by atomic mass is 10.1. The summed E-state index contributed by atoms with van der Waals surface area (Å²) in [5.74, 6) is 0.124. The van der Waals surface area contributed by atoms with E-state index in [0.717, 1.165) is 10.0 Å². The molecule has 0 spiro atoms. The fourth-order valence-electron chi connectivity index (χ4n) is 2.00. The first-order valence-electron chi connectivity index (χ1n) is 6.19. The Morgan fingerprint density at radius 3 is 2.62 bits per heavy atom. The summed E-state index contributed by atoms with van der Waals surface area (Å²) >= 11 is 3.39. The zero-order valence-corrected chi connectivity index (χ0v) is 12.5. The highest BCUT2D eigenvalue weighted by Gasteiger charge is 2.12. The summed E-state index contributed by atoms with van der Waals surface area (Å²) in [5.41, 5.74) is 7.81. The molecule has 2 N–H and O–H groups in total. The van der Waals surface area contributed by atoms with E-state index in [4.69, 9.17) is 5.73 Å². The third kappa shape index (κ3) is 2.92. The molecule has 0 amide bonds. The summed E-state index contributed by atoms with van der Waals surface area (Å²) in [7, 11) is 0. The fraction of sp³-hybridized carbons (Fsp3) is 0.0714. The summed E-state index contributed by atoms with van der Waals surface area (Å²) in [4.78, 5) is 0. The van der Waals surface area contributed by atoms with E-state index in [1.165, 1.54) is 12.1 Å². The molecule has 0 aliphatic heterocycles. The Morgan fingerprint density at radius 2 is 1.90 bits per heavy atom. The monoisotopic (exact) mass is 347 g/mol. The lowest BCUT2D eigenvalue weighted by Crippen LogP contribution is -2.05. The minimum atomic E-state index is -0.386. The summed E-state index contributed by atoms with van der Waals surface area (Å²) < 4.78 is 15.8. The van der Waals surface area contributed by atoms with Gasteiger partial charge in [-0.05, 0) is 46.3 Å². The molecule has 0 saturated heterocycles. The first-order valence-corrected chi connectivity index (χ1v) is 6.99. The second-order valence-electron chi connectivity index (χ2n) is 4.52. The van der Waals surface area contributed by atoms with Crippen LogP contribution < -0.4 is 5.73 Å². The molecule has 0 saturated carbocycles. The van der Waals surface area contributed by atoms with Crippen LogP contribution in [0.15, 0.2) is 46.9 Å². The molecule has 106 valence electrons. The standard InChI is InChI=1S/C14H11BrFN5/c15-10-3-1-9(2-4-10)8-21-14(18-19-20-21)12-6-5-11(16)7-13(12)17/h1-7H,8,17H2. The zero-order valence-electron chi connectivity index (χ0n) is 10.9. The number of nitrogen functional groups attached to an aromatic ring is 1. The van der Waals surface area contributed by atoms with Crippen molar-refractivity contribution >= 4 is 21.6 Å². The summed E-state index contributed by atoms with van der Waals surface area (Å²) in [6, 6.07) is 12.0. The van der Waals surface area contributed by atoms with Crippen LogP contribution in [0.4, 0.5) is 10.1 Å². The van der Waals surface area contributed by atoms with Gasteiger partial charge in [0.25, 0.3) is 0 Å². The predicted octanol–water partition coefficient (Wildman–Crippen LogP) is 2.87. The quantitative estimate of drug-likeness (QED) is 0.739. The average molecular weight is 348 g/mol. The molecule has 0 bridgehead atoms. The number of benzene rings is 2. The van der Waals surface area contributed by atoms with Crippen LogP contribution in [0.1, 0.15) is 5.56 Å². The molecule has 3 rings (SSSR count). The van der Waals surface area contributed by atoms with Gasteiger partial charge in [0.2, 0.25) is 0 Å². The first-order chi connectivity index (χ1) is 10.1. The SMILES string of the molecule is Nc1cc(F)ccc1-c1nnnn1Cc1ccc(Br)cc1. The van der Waals surface area contributed by atoms with Crippen molar-refractivity contribution in [3.63, 3.8) is 0 Å². The molecule has 3 aromatic rings. The van der Waals surface area contributed by atoms with Gasteiger partial charge in [0.15, 0.2) is 5.82 Å². The number of rotatable bonds is 3. The Labute approximate surface area is 128 Å². The van der Waals surface area contributed by atoms with Gasteiger partial charge in [-0.15, -0.1) is 5.10 Å². The molecule has 0 aliphatic rings. The van der Waals surface area contributed by atoms with Crippen LogP contribution in [0.25, 0.3) is 11.4 Å². The number of anilines is 1. The average Bonchev–Trinajstić information content (AvgIpc) is 2.89. The molecule has 0 radical (unpaired) electrons. The van der Waals surface area contributed by atoms with Gasteiger partial charge in [-0.2, -0.15) is 0 Å². The van der Waals surface area contributed by atoms with E-state index in [9.17, 15) is 4.39 Å². The molecule has 0 fully saturated rings. The number of halogens is 2. The number of hydrogen-bond donors (Lipinski definition) is 1. The van der Waals surface area contributed by atoms with Crippen LogP contribution in [0, 0.1) is 5.82 Å². The smallest absolute Gasteiger partial charge is 0.184 e. The lowest BCUT2D eigenvalue weighted by molar-refractivity contribution is 0.628. The fourth-order valence-corrected chi connectivity index (χ4v) is 2.27. The van der Waals surface area contributed by atoms with E-state index in [2.05, 4.69) is 31.5 Å². The molecule has 0 unspecified atom stereocenters. The number of hydrogen-bond acceptors (Lipinski definition) is 4. The molecule has 7 heteroatoms. The van der Waals surface area contributed by atoms with E-state index in [1.54, 1.807) is 10.7 Å². The van der Waals surface area contributed by atoms with Gasteiger partial charge in [0.1, 0.15) is 5.82 Å². The number of tetrazole rings is 1. The van der Waals surface area contributed by atoms with Crippen molar-refractivity contribution in [2.24, 2.45) is 0 Å². The van der Waals surface area contributed by atoms with Crippen molar-refractivity contribution in [1.82, 2.24) is 20.2 Å². The van der Waals surface area contributed by atoms with E-state index >= 15 is 0 Å². The van der Waals surface area contributed by atoms with E-state index < -0.39 is 0 Å². The first kappa shape index (κ1) is 13.7. The van der Waals surface area contributed by atoms with E-state index in [0.29, 0.717) is 23.6 Å². The van der Waals surface area contributed by atoms with Crippen LogP contribution in [-0.4, -0.2) is 20.2 Å². The lowest BCUT2D eigenvalue weighted by Gasteiger charge is -2.07. The van der Waals surface area contributed by atoms with Crippen LogP contribution in [0.3, 0.4) is 0 Å². The van der Waals surface area contributed by atoms with E-state index in [-0.39, 0.29) is 5.82 Å². The highest BCUT2D eigenvalue weighted by molar-refractivity contribution is 9.10. The summed E-state index contributed by atoms with van der Waals surface area (Å²) in [5, 5.41) is 11.6. The second kappa shape index (κ2) is 5.61. The molecule has 21 heavy (non-hydrogen) atoms. The maximum absolute atomic E-state index is 13.1. The number of nitrogens with two attached hydrogens (primary N) is 1. The molecule has 2 aromatic carbocycles. The van der Waals surface area contributed by atoms with Crippen molar-refractivity contribution < 1.29 is 4.39 Å². The van der Waals surface area contributed by atoms with Crippen molar-refractivity contribution in [1.29, 1.82) is 0 Å². The zero-order chi connectivity index (χ0) is 14.8. The second-order valence-corrected chi connectivity index (χ2v) is 5.43. The topological polar surface area (TPSA) is 69.6 Å². The van der Waals surface area contributed by atoms with Gasteiger partial charge in [-0.3, -0.25) is 0 Å². The van der Waals surface area contributed by atoms with Gasteiger partial charge in [-0.1, -0.05) is 28.1 Å². The van der Waals surface area contributed by atoms with Crippen LogP contribution >= 0.6 is 15.9 Å². The van der Waals surface area contributed by atoms with Gasteiger partial charge in [0, 0.05) is 15.7 Å². The van der Waals surface area contributed by atoms with Crippen LogP contribution in [0.5, 0.6) is 0 Å². The van der Waals surface area contributed by atoms with Crippen molar-refractivity contribution in [2.45, 2.75) is 6.54 Å². The summed E-state index contributed by atoms with van der Waals surface area (Å²) in [6.45, 7) is 0.506. The number of aromatic nitrogens is 4. The van der Waals surface area contributed by atoms with Gasteiger partial charge in [-0.25, -0.2) is 9.07 Å². The van der Waals surface area contributed by atoms with Crippen molar-refractivity contribution in [3.05, 3.63) is 58.3 Å². The minimum absolute atomic E-state index is 0.307. The maximum Gasteiger partial charge on any atom is 0.184 e. The molecule has 1 aromatic heterocycles. The Hall–Kier alpha value is -2.28. The predicted molar refractivity (Wildman–Crippen MR) is 80.9 cm³/mol. The Bertz CT molecular complexity index is 769. The third-order valence-corrected chi connectivity index (χ3v) is 3.56. The van der Waals surface area contributed by atoms with Gasteiger partial charge < -0.3 is 5.73 Å². The molecule has 0 aliphatic carbocycles. The van der Waals surface area contributed by atoms with Crippen LogP contribution in [-0.2, 0) is 6.54 Å². The molecule has 5 nitrogen and oxygen atoms in total. The molecular weight excluding hydrogens is 337 g/mol. The van der Waals surface area contributed by atoms with Gasteiger partial charge in [0.05, 0.1) is 6.54 Å².